The van der Waals surface area contributed by atoms with Gasteiger partial charge in [-0.2, -0.15) is 0 Å². The minimum absolute atomic E-state index is 0.136. The number of non-ortho nitro benzene ring substituents is 1. The van der Waals surface area contributed by atoms with Gasteiger partial charge in [-0.1, -0.05) is 26.0 Å². The van der Waals surface area contributed by atoms with E-state index in [0.29, 0.717) is 12.1 Å². The molecule has 0 spiro atoms. The van der Waals surface area contributed by atoms with Crippen molar-refractivity contribution in [3.05, 3.63) is 39.9 Å². The lowest BCUT2D eigenvalue weighted by Gasteiger charge is -2.53. The summed E-state index contributed by atoms with van der Waals surface area (Å²) in [5.41, 5.74) is 1.38. The van der Waals surface area contributed by atoms with Gasteiger partial charge in [-0.15, -0.1) is 0 Å². The smallest absolute Gasteiger partial charge is 0.269 e. The van der Waals surface area contributed by atoms with Gasteiger partial charge < -0.3 is 10.1 Å². The average Bonchev–Trinajstić information content (AvgIpc) is 2.49. The molecule has 1 saturated carbocycles. The molecule has 3 unspecified atom stereocenters. The summed E-state index contributed by atoms with van der Waals surface area (Å²) in [7, 11) is 0. The van der Waals surface area contributed by atoms with Crippen molar-refractivity contribution in [1.82, 2.24) is 5.32 Å². The molecule has 1 aliphatic carbocycles. The van der Waals surface area contributed by atoms with Crippen molar-refractivity contribution in [3.8, 4) is 0 Å². The maximum Gasteiger partial charge on any atom is 0.269 e. The van der Waals surface area contributed by atoms with Gasteiger partial charge in [0.2, 0.25) is 0 Å². The van der Waals surface area contributed by atoms with E-state index < -0.39 is 0 Å². The van der Waals surface area contributed by atoms with Crippen molar-refractivity contribution >= 4 is 5.69 Å². The molecule has 0 heterocycles. The highest BCUT2D eigenvalue weighted by atomic mass is 16.6. The molecule has 5 heteroatoms. The second-order valence-corrected chi connectivity index (χ2v) is 5.90. The Hall–Kier alpha value is -1.46. The predicted molar refractivity (Wildman–Crippen MR) is 82.2 cm³/mol. The van der Waals surface area contributed by atoms with Gasteiger partial charge in [0.25, 0.3) is 5.69 Å². The lowest BCUT2D eigenvalue weighted by atomic mass is 9.61. The number of ether oxygens (including phenoxy) is 1. The van der Waals surface area contributed by atoms with Crippen LogP contribution in [0.4, 0.5) is 5.69 Å². The van der Waals surface area contributed by atoms with Crippen molar-refractivity contribution in [2.75, 3.05) is 6.61 Å². The van der Waals surface area contributed by atoms with Gasteiger partial charge in [-0.25, -0.2) is 0 Å². The molecule has 21 heavy (non-hydrogen) atoms. The Morgan fingerprint density at radius 3 is 2.57 bits per heavy atom. The normalized spacial score (nSPS) is 28.1. The van der Waals surface area contributed by atoms with Crippen molar-refractivity contribution < 1.29 is 9.66 Å². The second-order valence-electron chi connectivity index (χ2n) is 5.90. The number of hydrogen-bond acceptors (Lipinski definition) is 4. The molecule has 1 aromatic carbocycles. The van der Waals surface area contributed by atoms with Crippen LogP contribution in [-0.4, -0.2) is 23.7 Å². The topological polar surface area (TPSA) is 64.4 Å². The molecule has 1 N–H and O–H groups in total. The number of nitro groups is 1. The Balaban J connectivity index is 1.90. The maximum absolute atomic E-state index is 10.6. The first-order valence-electron chi connectivity index (χ1n) is 7.59. The fourth-order valence-corrected chi connectivity index (χ4v) is 3.04. The summed E-state index contributed by atoms with van der Waals surface area (Å²) in [5.74, 6) is 0. The van der Waals surface area contributed by atoms with Crippen LogP contribution in [0.1, 0.15) is 39.2 Å². The lowest BCUT2D eigenvalue weighted by molar-refractivity contribution is -0.384. The largest absolute Gasteiger partial charge is 0.378 e. The zero-order valence-electron chi connectivity index (χ0n) is 13.0. The summed E-state index contributed by atoms with van der Waals surface area (Å²) in [6, 6.07) is 7.18. The standard InChI is InChI=1S/C16H24N2O3/c1-4-16(3)14(10-15(16)21-5-2)17-11-12-6-8-13(9-7-12)18(19)20/h6-9,14-15,17H,4-5,10-11H2,1-3H3. The quantitative estimate of drug-likeness (QED) is 0.618. The Labute approximate surface area is 125 Å². The van der Waals surface area contributed by atoms with Crippen LogP contribution in [0, 0.1) is 15.5 Å². The number of benzene rings is 1. The number of rotatable bonds is 7. The van der Waals surface area contributed by atoms with Crippen molar-refractivity contribution in [2.24, 2.45) is 5.41 Å². The van der Waals surface area contributed by atoms with Gasteiger partial charge in [0.1, 0.15) is 0 Å². The first-order valence-corrected chi connectivity index (χ1v) is 7.59. The molecule has 0 radical (unpaired) electrons. The SMILES string of the molecule is CCOC1CC(NCc2ccc([N+](=O)[O-])cc2)C1(C)CC. The van der Waals surface area contributed by atoms with Crippen LogP contribution in [0.2, 0.25) is 0 Å². The van der Waals surface area contributed by atoms with E-state index in [4.69, 9.17) is 4.74 Å². The second kappa shape index (κ2) is 6.54. The summed E-state index contributed by atoms with van der Waals surface area (Å²) in [6.45, 7) is 8.00. The van der Waals surface area contributed by atoms with Crippen molar-refractivity contribution in [1.29, 1.82) is 0 Å². The number of hydrogen-bond donors (Lipinski definition) is 1. The lowest BCUT2D eigenvalue weighted by Crippen LogP contribution is -2.61. The summed E-state index contributed by atoms with van der Waals surface area (Å²) in [5, 5.41) is 14.2. The molecule has 3 atom stereocenters. The third-order valence-electron chi connectivity index (χ3n) is 4.81. The Bertz CT molecular complexity index is 489. The van der Waals surface area contributed by atoms with Crippen molar-refractivity contribution in [2.45, 2.75) is 52.3 Å². The molecule has 0 saturated heterocycles. The minimum atomic E-state index is -0.371. The highest BCUT2D eigenvalue weighted by Gasteiger charge is 2.50. The molecular weight excluding hydrogens is 268 g/mol. The molecule has 1 fully saturated rings. The summed E-state index contributed by atoms with van der Waals surface area (Å²) >= 11 is 0. The van der Waals surface area contributed by atoms with Gasteiger partial charge in [-0.05, 0) is 25.3 Å². The highest BCUT2D eigenvalue weighted by molar-refractivity contribution is 5.32. The molecule has 2 rings (SSSR count). The zero-order chi connectivity index (χ0) is 15.5. The molecule has 0 amide bonds. The van der Waals surface area contributed by atoms with Crippen LogP contribution in [0.5, 0.6) is 0 Å². The molecule has 1 aliphatic rings. The van der Waals surface area contributed by atoms with Crippen LogP contribution in [-0.2, 0) is 11.3 Å². The fourth-order valence-electron chi connectivity index (χ4n) is 3.04. The van der Waals surface area contributed by atoms with E-state index in [1.165, 1.54) is 0 Å². The molecule has 0 aliphatic heterocycles. The van der Waals surface area contributed by atoms with Crippen LogP contribution in [0.15, 0.2) is 24.3 Å². The third-order valence-corrected chi connectivity index (χ3v) is 4.81. The Morgan fingerprint density at radius 2 is 2.05 bits per heavy atom. The monoisotopic (exact) mass is 292 g/mol. The van der Waals surface area contributed by atoms with Crippen LogP contribution in [0.25, 0.3) is 0 Å². The van der Waals surface area contributed by atoms with Crippen LogP contribution < -0.4 is 5.32 Å². The Kier molecular flexibility index (Phi) is 4.96. The van der Waals surface area contributed by atoms with E-state index in [-0.39, 0.29) is 16.0 Å². The third kappa shape index (κ3) is 3.24. The first-order chi connectivity index (χ1) is 10.0. The summed E-state index contributed by atoms with van der Waals surface area (Å²) in [4.78, 5) is 10.3. The van der Waals surface area contributed by atoms with Crippen LogP contribution >= 0.6 is 0 Å². The van der Waals surface area contributed by atoms with Gasteiger partial charge in [0.05, 0.1) is 11.0 Å². The fraction of sp³-hybridized carbons (Fsp3) is 0.625. The zero-order valence-corrected chi connectivity index (χ0v) is 13.0. The molecule has 1 aromatic rings. The number of nitro benzene ring substituents is 1. The maximum atomic E-state index is 10.6. The van der Waals surface area contributed by atoms with Gasteiger partial charge in [0.15, 0.2) is 0 Å². The molecule has 116 valence electrons. The number of nitrogens with zero attached hydrogens (tertiary/aromatic N) is 1. The predicted octanol–water partition coefficient (Wildman–Crippen LogP) is 3.28. The molecule has 5 nitrogen and oxygen atoms in total. The molecule has 0 bridgehead atoms. The van der Waals surface area contributed by atoms with Gasteiger partial charge in [0, 0.05) is 36.7 Å². The van der Waals surface area contributed by atoms with Gasteiger partial charge >= 0.3 is 0 Å². The van der Waals surface area contributed by atoms with E-state index in [1.54, 1.807) is 12.1 Å². The number of nitrogens with one attached hydrogen (secondary N) is 1. The van der Waals surface area contributed by atoms with E-state index in [0.717, 1.165) is 31.6 Å². The van der Waals surface area contributed by atoms with E-state index >= 15 is 0 Å². The van der Waals surface area contributed by atoms with E-state index in [9.17, 15) is 10.1 Å². The summed E-state index contributed by atoms with van der Waals surface area (Å²) < 4.78 is 5.79. The van der Waals surface area contributed by atoms with Crippen LogP contribution in [0.3, 0.4) is 0 Å². The van der Waals surface area contributed by atoms with Crippen molar-refractivity contribution in [3.63, 3.8) is 0 Å². The summed E-state index contributed by atoms with van der Waals surface area (Å²) in [6.07, 6.45) is 2.45. The highest BCUT2D eigenvalue weighted by Crippen LogP contribution is 2.45. The van der Waals surface area contributed by atoms with E-state index in [1.807, 2.05) is 19.1 Å². The Morgan fingerprint density at radius 1 is 1.38 bits per heavy atom. The minimum Gasteiger partial charge on any atom is -0.378 e. The average molecular weight is 292 g/mol. The molecule has 0 aromatic heterocycles. The first kappa shape index (κ1) is 15.9. The van der Waals surface area contributed by atoms with Gasteiger partial charge in [-0.3, -0.25) is 10.1 Å². The molecular formula is C16H24N2O3. The van der Waals surface area contributed by atoms with E-state index in [2.05, 4.69) is 19.2 Å².